The number of amides is 1. The Morgan fingerprint density at radius 2 is 2.00 bits per heavy atom. The Morgan fingerprint density at radius 3 is 2.58 bits per heavy atom. The second-order valence-corrected chi connectivity index (χ2v) is 4.99. The minimum atomic E-state index is -0.129. The van der Waals surface area contributed by atoms with Crippen LogP contribution in [0.4, 0.5) is 5.69 Å². The van der Waals surface area contributed by atoms with Gasteiger partial charge in [0.2, 0.25) is 0 Å². The normalized spacial score (nSPS) is 10.8. The van der Waals surface area contributed by atoms with Crippen LogP contribution >= 0.6 is 0 Å². The van der Waals surface area contributed by atoms with Gasteiger partial charge in [0, 0.05) is 12.7 Å². The maximum absolute atomic E-state index is 12.3. The quantitative estimate of drug-likeness (QED) is 0.918. The third-order valence-corrected chi connectivity index (χ3v) is 3.07. The molecular formula is C15H19N3O. The number of benzene rings is 1. The molecule has 1 aromatic heterocycles. The molecule has 2 rings (SSSR count). The minimum absolute atomic E-state index is 0.129. The van der Waals surface area contributed by atoms with Gasteiger partial charge in [-0.15, -0.1) is 0 Å². The lowest BCUT2D eigenvalue weighted by molar-refractivity contribution is 0.101. The zero-order chi connectivity index (χ0) is 14.0. The number of aromatic nitrogens is 2. The van der Waals surface area contributed by atoms with Crippen LogP contribution in [0.5, 0.6) is 0 Å². The highest BCUT2D eigenvalue weighted by atomic mass is 16.2. The van der Waals surface area contributed by atoms with Crippen molar-refractivity contribution in [3.8, 4) is 0 Å². The van der Waals surface area contributed by atoms with Crippen LogP contribution in [0.1, 0.15) is 41.5 Å². The lowest BCUT2D eigenvalue weighted by Crippen LogP contribution is -2.17. The minimum Gasteiger partial charge on any atom is -0.320 e. The molecule has 4 heteroatoms. The van der Waals surface area contributed by atoms with E-state index < -0.39 is 0 Å². The van der Waals surface area contributed by atoms with Gasteiger partial charge in [-0.3, -0.25) is 9.48 Å². The smallest absolute Gasteiger partial charge is 0.273 e. The van der Waals surface area contributed by atoms with Crippen molar-refractivity contribution in [3.05, 3.63) is 47.3 Å². The molecule has 1 amide bonds. The second-order valence-electron chi connectivity index (χ2n) is 4.99. The van der Waals surface area contributed by atoms with Crippen molar-refractivity contribution in [2.75, 3.05) is 5.32 Å². The summed E-state index contributed by atoms with van der Waals surface area (Å²) in [7, 11) is 1.77. The zero-order valence-electron chi connectivity index (χ0n) is 11.8. The van der Waals surface area contributed by atoms with Crippen LogP contribution in [0.15, 0.2) is 30.3 Å². The van der Waals surface area contributed by atoms with Crippen LogP contribution in [0.3, 0.4) is 0 Å². The number of anilines is 1. The van der Waals surface area contributed by atoms with Crippen molar-refractivity contribution >= 4 is 11.6 Å². The summed E-state index contributed by atoms with van der Waals surface area (Å²) in [6.45, 7) is 6.09. The molecule has 0 unspecified atom stereocenters. The van der Waals surface area contributed by atoms with E-state index in [4.69, 9.17) is 0 Å². The van der Waals surface area contributed by atoms with E-state index in [0.717, 1.165) is 16.9 Å². The van der Waals surface area contributed by atoms with Gasteiger partial charge in [0.1, 0.15) is 5.69 Å². The highest BCUT2D eigenvalue weighted by Crippen LogP contribution is 2.24. The van der Waals surface area contributed by atoms with E-state index in [9.17, 15) is 4.79 Å². The molecule has 0 aliphatic rings. The number of hydrogen-bond acceptors (Lipinski definition) is 2. The fourth-order valence-corrected chi connectivity index (χ4v) is 2.12. The van der Waals surface area contributed by atoms with E-state index in [1.807, 2.05) is 31.2 Å². The van der Waals surface area contributed by atoms with Gasteiger partial charge in [0.25, 0.3) is 5.91 Å². The largest absolute Gasteiger partial charge is 0.320 e. The van der Waals surface area contributed by atoms with Crippen molar-refractivity contribution in [2.45, 2.75) is 26.7 Å². The molecule has 0 bridgehead atoms. The fourth-order valence-electron chi connectivity index (χ4n) is 2.12. The van der Waals surface area contributed by atoms with Gasteiger partial charge >= 0.3 is 0 Å². The molecule has 0 fully saturated rings. The molecule has 1 N–H and O–H groups in total. The molecule has 0 saturated carbocycles. The SMILES string of the molecule is Cc1cc(C(=O)Nc2ccccc2C(C)C)n(C)n1. The zero-order valence-corrected chi connectivity index (χ0v) is 11.8. The topological polar surface area (TPSA) is 46.9 Å². The average molecular weight is 257 g/mol. The Kier molecular flexibility index (Phi) is 3.69. The van der Waals surface area contributed by atoms with Crippen molar-refractivity contribution in [1.29, 1.82) is 0 Å². The molecule has 0 saturated heterocycles. The maximum Gasteiger partial charge on any atom is 0.273 e. The van der Waals surface area contributed by atoms with Gasteiger partial charge in [-0.1, -0.05) is 32.0 Å². The van der Waals surface area contributed by atoms with E-state index in [2.05, 4.69) is 24.3 Å². The van der Waals surface area contributed by atoms with Crippen LogP contribution in [0.2, 0.25) is 0 Å². The van der Waals surface area contributed by atoms with Crippen molar-refractivity contribution in [1.82, 2.24) is 9.78 Å². The highest BCUT2D eigenvalue weighted by Gasteiger charge is 2.14. The molecule has 1 heterocycles. The first kappa shape index (κ1) is 13.3. The van der Waals surface area contributed by atoms with Crippen LogP contribution in [0, 0.1) is 6.92 Å². The summed E-state index contributed by atoms with van der Waals surface area (Å²) in [6.07, 6.45) is 0. The van der Waals surface area contributed by atoms with Crippen LogP contribution < -0.4 is 5.32 Å². The molecule has 19 heavy (non-hydrogen) atoms. The number of aryl methyl sites for hydroxylation is 2. The van der Waals surface area contributed by atoms with E-state index in [-0.39, 0.29) is 5.91 Å². The van der Waals surface area contributed by atoms with Gasteiger partial charge in [0.05, 0.1) is 5.69 Å². The van der Waals surface area contributed by atoms with Crippen molar-refractivity contribution < 1.29 is 4.79 Å². The summed E-state index contributed by atoms with van der Waals surface area (Å²) < 4.78 is 1.60. The predicted octanol–water partition coefficient (Wildman–Crippen LogP) is 3.10. The Morgan fingerprint density at radius 1 is 1.32 bits per heavy atom. The number of carbonyl (C=O) groups excluding carboxylic acids is 1. The van der Waals surface area contributed by atoms with Crippen LogP contribution in [-0.4, -0.2) is 15.7 Å². The third-order valence-electron chi connectivity index (χ3n) is 3.07. The molecule has 0 spiro atoms. The number of nitrogens with one attached hydrogen (secondary N) is 1. The summed E-state index contributed by atoms with van der Waals surface area (Å²) >= 11 is 0. The van der Waals surface area contributed by atoms with E-state index in [1.54, 1.807) is 17.8 Å². The Hall–Kier alpha value is -2.10. The van der Waals surface area contributed by atoms with E-state index in [0.29, 0.717) is 11.6 Å². The highest BCUT2D eigenvalue weighted by molar-refractivity contribution is 6.03. The molecule has 2 aromatic rings. The molecule has 1 aromatic carbocycles. The van der Waals surface area contributed by atoms with Crippen molar-refractivity contribution in [2.24, 2.45) is 7.05 Å². The van der Waals surface area contributed by atoms with E-state index in [1.165, 1.54) is 0 Å². The van der Waals surface area contributed by atoms with Gasteiger partial charge in [-0.25, -0.2) is 0 Å². The molecule has 0 aliphatic carbocycles. The number of carbonyl (C=O) groups is 1. The van der Waals surface area contributed by atoms with Crippen LogP contribution in [-0.2, 0) is 7.05 Å². The molecular weight excluding hydrogens is 238 g/mol. The first-order valence-corrected chi connectivity index (χ1v) is 6.40. The van der Waals surface area contributed by atoms with E-state index >= 15 is 0 Å². The van der Waals surface area contributed by atoms with Gasteiger partial charge in [-0.05, 0) is 30.5 Å². The van der Waals surface area contributed by atoms with Gasteiger partial charge < -0.3 is 5.32 Å². The number of nitrogens with zero attached hydrogens (tertiary/aromatic N) is 2. The second kappa shape index (κ2) is 5.26. The lowest BCUT2D eigenvalue weighted by atomic mass is 10.0. The van der Waals surface area contributed by atoms with Crippen molar-refractivity contribution in [3.63, 3.8) is 0 Å². The summed E-state index contributed by atoms with van der Waals surface area (Å²) in [5, 5.41) is 7.15. The maximum atomic E-state index is 12.3. The van der Waals surface area contributed by atoms with Crippen LogP contribution in [0.25, 0.3) is 0 Å². The monoisotopic (exact) mass is 257 g/mol. The Balaban J connectivity index is 2.27. The molecule has 0 aliphatic heterocycles. The summed E-state index contributed by atoms with van der Waals surface area (Å²) in [5.74, 6) is 0.237. The fraction of sp³-hybridized carbons (Fsp3) is 0.333. The molecule has 4 nitrogen and oxygen atoms in total. The first-order chi connectivity index (χ1) is 8.99. The molecule has 0 radical (unpaired) electrons. The van der Waals surface area contributed by atoms with Gasteiger partial charge in [0.15, 0.2) is 0 Å². The third kappa shape index (κ3) is 2.84. The summed E-state index contributed by atoms with van der Waals surface area (Å²) in [5.41, 5.74) is 3.40. The Labute approximate surface area is 113 Å². The number of hydrogen-bond donors (Lipinski definition) is 1. The number of para-hydroxylation sites is 1. The molecule has 0 atom stereocenters. The Bertz CT molecular complexity index is 599. The molecule has 100 valence electrons. The number of rotatable bonds is 3. The lowest BCUT2D eigenvalue weighted by Gasteiger charge is -2.13. The first-order valence-electron chi connectivity index (χ1n) is 6.40. The predicted molar refractivity (Wildman–Crippen MR) is 76.4 cm³/mol. The summed E-state index contributed by atoms with van der Waals surface area (Å²) in [4.78, 5) is 12.3. The summed E-state index contributed by atoms with van der Waals surface area (Å²) in [6, 6.07) is 9.66. The van der Waals surface area contributed by atoms with Gasteiger partial charge in [-0.2, -0.15) is 5.10 Å². The standard InChI is InChI=1S/C15H19N3O/c1-10(2)12-7-5-6-8-13(12)16-15(19)14-9-11(3)17-18(14)4/h5-10H,1-4H3,(H,16,19). The average Bonchev–Trinajstić information content (AvgIpc) is 2.69.